The number of amides is 1. The van der Waals surface area contributed by atoms with Gasteiger partial charge in [0.2, 0.25) is 5.91 Å². The van der Waals surface area contributed by atoms with Crippen molar-refractivity contribution in [2.24, 2.45) is 0 Å². The van der Waals surface area contributed by atoms with Gasteiger partial charge in [0.05, 0.1) is 11.5 Å². The number of likely N-dealkylation sites (tertiary alicyclic amines) is 1. The molecule has 1 amide bonds. The number of hydrogen-bond donors (Lipinski definition) is 0. The van der Waals surface area contributed by atoms with Gasteiger partial charge in [-0.25, -0.2) is 0 Å². The predicted octanol–water partition coefficient (Wildman–Crippen LogP) is 5.29. The summed E-state index contributed by atoms with van der Waals surface area (Å²) in [6.45, 7) is 0.974. The highest BCUT2D eigenvalue weighted by atomic mass is 19.4. The third kappa shape index (κ3) is 4.27. The topological polar surface area (TPSA) is 50.5 Å². The van der Waals surface area contributed by atoms with Crippen LogP contribution < -0.4 is 0 Å². The number of carbonyl (C=O) groups is 1. The van der Waals surface area contributed by atoms with Crippen LogP contribution in [-0.2, 0) is 11.0 Å². The van der Waals surface area contributed by atoms with Gasteiger partial charge in [0.25, 0.3) is 0 Å². The summed E-state index contributed by atoms with van der Waals surface area (Å²) in [4.78, 5) is 15.6. The van der Waals surface area contributed by atoms with E-state index in [9.17, 15) is 18.0 Å². The highest BCUT2D eigenvalue weighted by Gasteiger charge is 2.34. The van der Waals surface area contributed by atoms with Crippen molar-refractivity contribution in [3.63, 3.8) is 0 Å². The molecule has 5 rings (SSSR count). The molecule has 0 radical (unpaired) electrons. The van der Waals surface area contributed by atoms with E-state index >= 15 is 0 Å². The van der Waals surface area contributed by atoms with Gasteiger partial charge >= 0.3 is 6.18 Å². The molecular weight excluding hydrogens is 441 g/mol. The molecule has 1 aliphatic rings. The fraction of sp³-hybridized carbons (Fsp3) is 0.269. The predicted molar refractivity (Wildman–Crippen MR) is 121 cm³/mol. The first kappa shape index (κ1) is 22.1. The van der Waals surface area contributed by atoms with Crippen molar-refractivity contribution in [3.05, 3.63) is 102 Å². The Kier molecular flexibility index (Phi) is 5.81. The van der Waals surface area contributed by atoms with Crippen LogP contribution in [0.25, 0.3) is 5.65 Å². The number of carbonyl (C=O) groups excluding carboxylic acids is 1. The van der Waals surface area contributed by atoms with E-state index in [2.05, 4.69) is 10.2 Å². The largest absolute Gasteiger partial charge is 0.417 e. The Hall–Kier alpha value is -3.68. The van der Waals surface area contributed by atoms with E-state index in [0.717, 1.165) is 36.2 Å². The Bertz CT molecular complexity index is 1250. The third-order valence-corrected chi connectivity index (χ3v) is 6.37. The highest BCUT2D eigenvalue weighted by molar-refractivity contribution is 5.87. The molecule has 34 heavy (non-hydrogen) atoms. The first-order chi connectivity index (χ1) is 16.4. The van der Waals surface area contributed by atoms with Crippen molar-refractivity contribution in [2.45, 2.75) is 30.9 Å². The standard InChI is InChI=1S/C26H23F3N4O/c27-26(28,29)21-13-14-22-30-31-24(33(22)17-21)20-12-7-15-32(16-20)25(34)23(18-8-3-1-4-9-18)19-10-5-2-6-11-19/h1-6,8-11,13-14,17,20,23H,7,12,15-16H2. The first-order valence-corrected chi connectivity index (χ1v) is 11.2. The maximum absolute atomic E-state index is 13.8. The van der Waals surface area contributed by atoms with Gasteiger partial charge in [0.1, 0.15) is 5.82 Å². The lowest BCUT2D eigenvalue weighted by Crippen LogP contribution is -2.42. The lowest BCUT2D eigenvalue weighted by atomic mass is 9.88. The second-order valence-electron chi connectivity index (χ2n) is 8.58. The molecule has 0 aliphatic carbocycles. The van der Waals surface area contributed by atoms with Crippen molar-refractivity contribution in [1.82, 2.24) is 19.5 Å². The van der Waals surface area contributed by atoms with Crippen molar-refractivity contribution >= 4 is 11.6 Å². The molecular formula is C26H23F3N4O. The van der Waals surface area contributed by atoms with E-state index in [4.69, 9.17) is 0 Å². The van der Waals surface area contributed by atoms with Crippen LogP contribution >= 0.6 is 0 Å². The number of pyridine rings is 1. The summed E-state index contributed by atoms with van der Waals surface area (Å²) in [5.74, 6) is -0.224. The lowest BCUT2D eigenvalue weighted by Gasteiger charge is -2.34. The summed E-state index contributed by atoms with van der Waals surface area (Å²) >= 11 is 0. The molecule has 1 atom stereocenters. The van der Waals surface area contributed by atoms with Gasteiger partial charge in [-0.05, 0) is 36.1 Å². The molecule has 1 unspecified atom stereocenters. The Morgan fingerprint density at radius 2 is 1.56 bits per heavy atom. The maximum atomic E-state index is 13.8. The van der Waals surface area contributed by atoms with Crippen LogP contribution in [0.2, 0.25) is 0 Å². The van der Waals surface area contributed by atoms with Gasteiger partial charge in [-0.3, -0.25) is 9.20 Å². The van der Waals surface area contributed by atoms with Crippen molar-refractivity contribution in [1.29, 1.82) is 0 Å². The molecule has 4 aromatic rings. The molecule has 3 heterocycles. The summed E-state index contributed by atoms with van der Waals surface area (Å²) in [7, 11) is 0. The fourth-order valence-corrected chi connectivity index (χ4v) is 4.69. The molecule has 0 N–H and O–H groups in total. The van der Waals surface area contributed by atoms with Gasteiger partial charge in [0.15, 0.2) is 5.65 Å². The van der Waals surface area contributed by atoms with Gasteiger partial charge in [-0.1, -0.05) is 60.7 Å². The number of fused-ring (bicyclic) bond motifs is 1. The minimum Gasteiger partial charge on any atom is -0.341 e. The molecule has 0 saturated carbocycles. The Morgan fingerprint density at radius 3 is 2.18 bits per heavy atom. The monoisotopic (exact) mass is 464 g/mol. The van der Waals surface area contributed by atoms with Gasteiger partial charge in [-0.2, -0.15) is 13.2 Å². The van der Waals surface area contributed by atoms with Crippen LogP contribution in [0.1, 0.15) is 47.2 Å². The number of benzene rings is 2. The van der Waals surface area contributed by atoms with E-state index in [1.807, 2.05) is 65.6 Å². The van der Waals surface area contributed by atoms with Crippen LogP contribution in [0.15, 0.2) is 79.0 Å². The zero-order chi connectivity index (χ0) is 23.7. The van der Waals surface area contributed by atoms with Gasteiger partial charge < -0.3 is 4.90 Å². The van der Waals surface area contributed by atoms with Crippen LogP contribution in [0.5, 0.6) is 0 Å². The fourth-order valence-electron chi connectivity index (χ4n) is 4.69. The van der Waals surface area contributed by atoms with Gasteiger partial charge in [-0.15, -0.1) is 10.2 Å². The molecule has 8 heteroatoms. The molecule has 1 aliphatic heterocycles. The quantitative estimate of drug-likeness (QED) is 0.413. The minimum absolute atomic E-state index is 0.0214. The van der Waals surface area contributed by atoms with Crippen LogP contribution in [0.3, 0.4) is 0 Å². The Balaban J connectivity index is 1.45. The average molecular weight is 464 g/mol. The summed E-state index contributed by atoms with van der Waals surface area (Å²) in [5, 5.41) is 8.26. The second-order valence-corrected chi connectivity index (χ2v) is 8.58. The van der Waals surface area contributed by atoms with Crippen LogP contribution in [0.4, 0.5) is 13.2 Å². The normalized spacial score (nSPS) is 16.8. The Morgan fingerprint density at radius 1 is 0.912 bits per heavy atom. The molecule has 1 saturated heterocycles. The molecule has 2 aromatic heterocycles. The lowest BCUT2D eigenvalue weighted by molar-refractivity contribution is -0.138. The molecule has 0 spiro atoms. The summed E-state index contributed by atoms with van der Waals surface area (Å²) in [5.41, 5.74) is 1.42. The SMILES string of the molecule is O=C(C(c1ccccc1)c1ccccc1)N1CCCC(c2nnc3ccc(C(F)(F)F)cn23)C1. The second kappa shape index (κ2) is 8.93. The summed E-state index contributed by atoms with van der Waals surface area (Å²) < 4.78 is 41.2. The van der Waals surface area contributed by atoms with Gasteiger partial charge in [0, 0.05) is 25.2 Å². The molecule has 5 nitrogen and oxygen atoms in total. The number of alkyl halides is 3. The average Bonchev–Trinajstić information content (AvgIpc) is 3.28. The first-order valence-electron chi connectivity index (χ1n) is 11.2. The summed E-state index contributed by atoms with van der Waals surface area (Å²) in [6.07, 6.45) is -1.95. The van der Waals surface area contributed by atoms with E-state index in [1.165, 1.54) is 10.5 Å². The van der Waals surface area contributed by atoms with E-state index < -0.39 is 17.7 Å². The zero-order valence-corrected chi connectivity index (χ0v) is 18.3. The number of halogens is 3. The van der Waals surface area contributed by atoms with E-state index in [1.54, 1.807) is 0 Å². The van der Waals surface area contributed by atoms with E-state index in [0.29, 0.717) is 24.6 Å². The third-order valence-electron chi connectivity index (χ3n) is 6.37. The number of piperidine rings is 1. The minimum atomic E-state index is -4.46. The summed E-state index contributed by atoms with van der Waals surface area (Å²) in [6, 6.07) is 21.6. The maximum Gasteiger partial charge on any atom is 0.417 e. The molecule has 174 valence electrons. The van der Waals surface area contributed by atoms with Crippen LogP contribution in [0, 0.1) is 0 Å². The molecule has 2 aromatic carbocycles. The molecule has 1 fully saturated rings. The van der Waals surface area contributed by atoms with Crippen LogP contribution in [-0.4, -0.2) is 38.5 Å². The number of hydrogen-bond acceptors (Lipinski definition) is 3. The number of nitrogens with zero attached hydrogens (tertiary/aromatic N) is 4. The van der Waals surface area contributed by atoms with Crippen molar-refractivity contribution in [3.8, 4) is 0 Å². The highest BCUT2D eigenvalue weighted by Crippen LogP contribution is 2.33. The van der Waals surface area contributed by atoms with Crippen molar-refractivity contribution in [2.75, 3.05) is 13.1 Å². The number of aromatic nitrogens is 3. The number of rotatable bonds is 4. The smallest absolute Gasteiger partial charge is 0.341 e. The van der Waals surface area contributed by atoms with E-state index in [-0.39, 0.29) is 11.8 Å². The van der Waals surface area contributed by atoms with Crippen molar-refractivity contribution < 1.29 is 18.0 Å². The Labute approximate surface area is 194 Å². The zero-order valence-electron chi connectivity index (χ0n) is 18.3. The molecule has 0 bridgehead atoms.